The normalized spacial score (nSPS) is 11.2. The van der Waals surface area contributed by atoms with Crippen LogP contribution >= 0.6 is 0 Å². The maximum Gasteiger partial charge on any atom is 0.311 e. The van der Waals surface area contributed by atoms with Gasteiger partial charge in [0.2, 0.25) is 0 Å². The van der Waals surface area contributed by atoms with Gasteiger partial charge in [-0.25, -0.2) is 27.1 Å². The predicted octanol–water partition coefficient (Wildman–Crippen LogP) is 3.95. The number of fused-ring (bicyclic) bond motifs is 1. The molecule has 0 N–H and O–H groups in total. The molecule has 6 nitrogen and oxygen atoms in total. The predicted molar refractivity (Wildman–Crippen MR) is 95.1 cm³/mol. The average Bonchev–Trinajstić information content (AvgIpc) is 3.11. The van der Waals surface area contributed by atoms with E-state index in [4.69, 9.17) is 4.74 Å². The van der Waals surface area contributed by atoms with E-state index in [2.05, 4.69) is 9.97 Å². The van der Waals surface area contributed by atoms with Crippen molar-refractivity contribution in [1.29, 1.82) is 0 Å². The molecule has 0 saturated carbocycles. The van der Waals surface area contributed by atoms with Crippen molar-refractivity contribution in [3.8, 4) is 17.4 Å². The summed E-state index contributed by atoms with van der Waals surface area (Å²) in [6.45, 7) is 2.23. The molecule has 0 spiro atoms. The van der Waals surface area contributed by atoms with Crippen molar-refractivity contribution < 1.29 is 22.3 Å². The summed E-state index contributed by atoms with van der Waals surface area (Å²) >= 11 is 0. The number of imidazole rings is 1. The lowest BCUT2D eigenvalue weighted by atomic mass is 10.3. The fourth-order valence-electron chi connectivity index (χ4n) is 2.78. The van der Waals surface area contributed by atoms with Crippen molar-refractivity contribution in [3.05, 3.63) is 76.3 Å². The Balaban J connectivity index is 1.98. The van der Waals surface area contributed by atoms with Crippen molar-refractivity contribution in [2.75, 3.05) is 0 Å². The molecule has 0 radical (unpaired) electrons. The van der Waals surface area contributed by atoms with Gasteiger partial charge in [0, 0.05) is 18.7 Å². The van der Waals surface area contributed by atoms with E-state index in [-0.39, 0.29) is 16.9 Å². The van der Waals surface area contributed by atoms with E-state index in [0.29, 0.717) is 18.7 Å². The summed E-state index contributed by atoms with van der Waals surface area (Å²) in [6.07, 6.45) is 1.40. The molecule has 10 heteroatoms. The van der Waals surface area contributed by atoms with Crippen molar-refractivity contribution >= 4 is 11.2 Å². The minimum atomic E-state index is -1.39. The molecule has 2 aromatic heterocycles. The zero-order valence-electron chi connectivity index (χ0n) is 14.9. The third-order valence-electron chi connectivity index (χ3n) is 4.21. The third kappa shape index (κ3) is 3.22. The highest BCUT2D eigenvalue weighted by molar-refractivity contribution is 5.70. The SMILES string of the molecule is CCn1cnc2c(=O)n(-c3ccc(F)cc3)c(Oc3cc(F)c(F)cc3F)nc21. The van der Waals surface area contributed by atoms with Gasteiger partial charge in [0.15, 0.2) is 34.4 Å². The Kier molecular flexibility index (Phi) is 4.53. The fourth-order valence-corrected chi connectivity index (χ4v) is 2.78. The Morgan fingerprint density at radius 2 is 1.69 bits per heavy atom. The molecule has 4 aromatic rings. The second-order valence-corrected chi connectivity index (χ2v) is 6.01. The van der Waals surface area contributed by atoms with E-state index >= 15 is 0 Å². The van der Waals surface area contributed by atoms with Crippen LogP contribution in [0.1, 0.15) is 6.92 Å². The number of halogens is 4. The first-order valence-electron chi connectivity index (χ1n) is 8.45. The van der Waals surface area contributed by atoms with E-state index in [0.717, 1.165) is 16.7 Å². The van der Waals surface area contributed by atoms with Crippen LogP contribution in [0.25, 0.3) is 16.9 Å². The molecule has 2 aromatic carbocycles. The van der Waals surface area contributed by atoms with E-state index in [9.17, 15) is 22.4 Å². The third-order valence-corrected chi connectivity index (χ3v) is 4.21. The Morgan fingerprint density at radius 1 is 1.00 bits per heavy atom. The summed E-state index contributed by atoms with van der Waals surface area (Å²) in [7, 11) is 0. The van der Waals surface area contributed by atoms with Crippen LogP contribution in [0.15, 0.2) is 47.5 Å². The fraction of sp³-hybridized carbons (Fsp3) is 0.105. The van der Waals surface area contributed by atoms with E-state index < -0.39 is 40.6 Å². The van der Waals surface area contributed by atoms with Crippen molar-refractivity contribution in [2.24, 2.45) is 0 Å². The Morgan fingerprint density at radius 3 is 2.38 bits per heavy atom. The molecule has 148 valence electrons. The molecular weight excluding hydrogens is 392 g/mol. The smallest absolute Gasteiger partial charge is 0.311 e. The van der Waals surface area contributed by atoms with Gasteiger partial charge >= 0.3 is 6.01 Å². The summed E-state index contributed by atoms with van der Waals surface area (Å²) in [5, 5.41) is 0. The van der Waals surface area contributed by atoms with Gasteiger partial charge < -0.3 is 9.30 Å². The average molecular weight is 404 g/mol. The Bertz CT molecular complexity index is 1280. The quantitative estimate of drug-likeness (QED) is 0.382. The van der Waals surface area contributed by atoms with Gasteiger partial charge in [-0.15, -0.1) is 0 Å². The number of rotatable bonds is 4. The number of ether oxygens (including phenoxy) is 1. The summed E-state index contributed by atoms with van der Waals surface area (Å²) in [5.41, 5.74) is -0.329. The highest BCUT2D eigenvalue weighted by Crippen LogP contribution is 2.27. The molecule has 0 amide bonds. The van der Waals surface area contributed by atoms with E-state index in [1.807, 2.05) is 0 Å². The monoisotopic (exact) mass is 404 g/mol. The van der Waals surface area contributed by atoms with Gasteiger partial charge in [-0.1, -0.05) is 0 Å². The summed E-state index contributed by atoms with van der Waals surface area (Å²) < 4.78 is 62.0. The lowest BCUT2D eigenvalue weighted by molar-refractivity contribution is 0.388. The molecule has 0 aliphatic carbocycles. The number of benzene rings is 2. The first kappa shape index (κ1) is 18.7. The van der Waals surface area contributed by atoms with Crippen molar-refractivity contribution in [1.82, 2.24) is 19.1 Å². The maximum atomic E-state index is 14.1. The molecule has 4 rings (SSSR count). The molecule has 0 unspecified atom stereocenters. The molecular formula is C19H12F4N4O2. The highest BCUT2D eigenvalue weighted by Gasteiger charge is 2.20. The number of hydrogen-bond donors (Lipinski definition) is 0. The molecule has 0 aliphatic heterocycles. The number of aromatic nitrogens is 4. The molecule has 0 aliphatic rings. The van der Waals surface area contributed by atoms with Crippen molar-refractivity contribution in [2.45, 2.75) is 13.5 Å². The summed E-state index contributed by atoms with van der Waals surface area (Å²) in [4.78, 5) is 21.3. The van der Waals surface area contributed by atoms with Gasteiger partial charge in [0.1, 0.15) is 5.82 Å². The number of nitrogens with zero attached hydrogens (tertiary/aromatic N) is 4. The number of hydrogen-bond acceptors (Lipinski definition) is 4. The van der Waals surface area contributed by atoms with Crippen LogP contribution in [-0.2, 0) is 6.54 Å². The van der Waals surface area contributed by atoms with Gasteiger partial charge in [-0.3, -0.25) is 4.79 Å². The van der Waals surface area contributed by atoms with Crippen molar-refractivity contribution in [3.63, 3.8) is 0 Å². The van der Waals surface area contributed by atoms with Crippen LogP contribution in [-0.4, -0.2) is 19.1 Å². The van der Waals surface area contributed by atoms with Crippen LogP contribution < -0.4 is 10.3 Å². The first-order chi connectivity index (χ1) is 13.9. The standard InChI is InChI=1S/C19H12F4N4O2/c1-2-26-9-24-16-17(26)25-19(29-15-8-13(22)12(21)7-14(15)23)27(18(16)28)11-5-3-10(20)4-6-11/h3-9H,2H2,1H3. The lowest BCUT2D eigenvalue weighted by Crippen LogP contribution is -2.22. The van der Waals surface area contributed by atoms with Crippen LogP contribution in [0.3, 0.4) is 0 Å². The zero-order chi connectivity index (χ0) is 20.7. The number of aryl methyl sites for hydroxylation is 1. The Labute approximate surface area is 160 Å². The van der Waals surface area contributed by atoms with E-state index in [1.54, 1.807) is 11.5 Å². The largest absolute Gasteiger partial charge is 0.422 e. The zero-order valence-corrected chi connectivity index (χ0v) is 14.9. The van der Waals surface area contributed by atoms with Crippen LogP contribution in [0.4, 0.5) is 17.6 Å². The summed E-state index contributed by atoms with van der Waals surface area (Å²) in [5.74, 6) is -5.13. The van der Waals surface area contributed by atoms with E-state index in [1.165, 1.54) is 18.5 Å². The van der Waals surface area contributed by atoms with Crippen LogP contribution in [0.5, 0.6) is 11.8 Å². The molecule has 0 saturated heterocycles. The minimum absolute atomic E-state index is 0.00860. The topological polar surface area (TPSA) is 61.9 Å². The van der Waals surface area contributed by atoms with Gasteiger partial charge in [0.25, 0.3) is 5.56 Å². The molecule has 29 heavy (non-hydrogen) atoms. The van der Waals surface area contributed by atoms with Gasteiger partial charge in [-0.2, -0.15) is 4.98 Å². The minimum Gasteiger partial charge on any atom is -0.422 e. The van der Waals surface area contributed by atoms with Crippen LogP contribution in [0, 0.1) is 23.3 Å². The van der Waals surface area contributed by atoms with Gasteiger partial charge in [-0.05, 0) is 31.2 Å². The lowest BCUT2D eigenvalue weighted by Gasteiger charge is -2.13. The maximum absolute atomic E-state index is 14.1. The van der Waals surface area contributed by atoms with Gasteiger partial charge in [0.05, 0.1) is 12.0 Å². The molecule has 0 atom stereocenters. The second-order valence-electron chi connectivity index (χ2n) is 6.01. The first-order valence-corrected chi connectivity index (χ1v) is 8.45. The molecule has 2 heterocycles. The van der Waals surface area contributed by atoms with Crippen LogP contribution in [0.2, 0.25) is 0 Å². The highest BCUT2D eigenvalue weighted by atomic mass is 19.2. The summed E-state index contributed by atoms with van der Waals surface area (Å²) in [6, 6.07) is 5.20. The molecule has 0 bridgehead atoms. The Hall–Kier alpha value is -3.69. The second kappa shape index (κ2) is 7.04. The molecule has 0 fully saturated rings.